The monoisotopic (exact) mass is 489 g/mol. The van der Waals surface area contributed by atoms with Gasteiger partial charge in [-0.3, -0.25) is 14.2 Å². The Hall–Kier alpha value is -4.11. The third-order valence-corrected chi connectivity index (χ3v) is 6.40. The van der Waals surface area contributed by atoms with Gasteiger partial charge in [0, 0.05) is 16.6 Å². The molecule has 3 aromatic carbocycles. The van der Waals surface area contributed by atoms with Crippen molar-refractivity contribution in [2.24, 2.45) is 0 Å². The summed E-state index contributed by atoms with van der Waals surface area (Å²) < 4.78 is 25.9. The van der Waals surface area contributed by atoms with Gasteiger partial charge in [0.2, 0.25) is 11.5 Å². The number of furan rings is 1. The Kier molecular flexibility index (Phi) is 6.24. The minimum atomic E-state index is -0.387. The molecule has 0 aliphatic carbocycles. The highest BCUT2D eigenvalue weighted by Gasteiger charge is 2.19. The van der Waals surface area contributed by atoms with Gasteiger partial charge in [-0.05, 0) is 42.5 Å². The molecule has 9 heteroatoms. The SMILES string of the molecule is COc1ccccc1Cn1c(SCC(=O)Nc2ccc(F)cc2)nc2c(oc3ccccc32)c1=O. The molecule has 0 bridgehead atoms. The van der Waals surface area contributed by atoms with E-state index in [0.29, 0.717) is 27.7 Å². The fraction of sp³-hybridized carbons (Fsp3) is 0.115. The third kappa shape index (κ3) is 4.63. The van der Waals surface area contributed by atoms with Gasteiger partial charge in [-0.1, -0.05) is 42.1 Å². The van der Waals surface area contributed by atoms with Crippen LogP contribution in [0.2, 0.25) is 0 Å². The lowest BCUT2D eigenvalue weighted by molar-refractivity contribution is -0.113. The number of hydrogen-bond acceptors (Lipinski definition) is 6. The Morgan fingerprint density at radius 3 is 2.63 bits per heavy atom. The van der Waals surface area contributed by atoms with Crippen LogP contribution in [0.1, 0.15) is 5.56 Å². The van der Waals surface area contributed by atoms with Gasteiger partial charge in [-0.2, -0.15) is 0 Å². The van der Waals surface area contributed by atoms with Crippen LogP contribution in [0.3, 0.4) is 0 Å². The maximum atomic E-state index is 13.5. The van der Waals surface area contributed by atoms with Gasteiger partial charge in [0.05, 0.1) is 19.4 Å². The van der Waals surface area contributed by atoms with Crippen molar-refractivity contribution >= 4 is 45.4 Å². The second-order valence-electron chi connectivity index (χ2n) is 7.72. The number of nitrogens with zero attached hydrogens (tertiary/aromatic N) is 2. The van der Waals surface area contributed by atoms with Gasteiger partial charge >= 0.3 is 0 Å². The van der Waals surface area contributed by atoms with E-state index in [1.165, 1.54) is 28.8 Å². The number of carbonyl (C=O) groups excluding carboxylic acids is 1. The number of para-hydroxylation sites is 2. The molecule has 0 saturated carbocycles. The molecule has 5 aromatic rings. The smallest absolute Gasteiger partial charge is 0.298 e. The van der Waals surface area contributed by atoms with Crippen molar-refractivity contribution in [2.45, 2.75) is 11.7 Å². The van der Waals surface area contributed by atoms with Crippen LogP contribution in [0.5, 0.6) is 5.75 Å². The Morgan fingerprint density at radius 2 is 1.83 bits per heavy atom. The van der Waals surface area contributed by atoms with E-state index in [9.17, 15) is 14.0 Å². The molecular formula is C26H20FN3O4S. The third-order valence-electron chi connectivity index (χ3n) is 5.43. The first-order chi connectivity index (χ1) is 17.0. The molecule has 2 heterocycles. The number of halogens is 1. The summed E-state index contributed by atoms with van der Waals surface area (Å²) in [6, 6.07) is 20.2. The molecule has 0 saturated heterocycles. The van der Waals surface area contributed by atoms with Crippen molar-refractivity contribution < 1.29 is 18.3 Å². The number of hydrogen-bond donors (Lipinski definition) is 1. The molecule has 0 unspecified atom stereocenters. The molecule has 1 N–H and O–H groups in total. The van der Waals surface area contributed by atoms with Crippen LogP contribution in [0.4, 0.5) is 10.1 Å². The van der Waals surface area contributed by atoms with Crippen LogP contribution in [0, 0.1) is 5.82 Å². The number of rotatable bonds is 7. The second-order valence-corrected chi connectivity index (χ2v) is 8.66. The molecule has 176 valence electrons. The van der Waals surface area contributed by atoms with Crippen LogP contribution in [0.15, 0.2) is 87.2 Å². The van der Waals surface area contributed by atoms with Crippen LogP contribution in [-0.2, 0) is 11.3 Å². The molecule has 0 aliphatic heterocycles. The summed E-state index contributed by atoms with van der Waals surface area (Å²) in [5.41, 5.74) is 2.08. The molecule has 2 aromatic heterocycles. The molecule has 0 atom stereocenters. The topological polar surface area (TPSA) is 86.4 Å². The van der Waals surface area contributed by atoms with Crippen molar-refractivity contribution in [1.29, 1.82) is 0 Å². The molecule has 0 aliphatic rings. The first-order valence-corrected chi connectivity index (χ1v) is 11.7. The number of carbonyl (C=O) groups is 1. The molecule has 1 amide bonds. The number of benzene rings is 3. The van der Waals surface area contributed by atoms with Gasteiger partial charge in [0.25, 0.3) is 5.56 Å². The number of amides is 1. The largest absolute Gasteiger partial charge is 0.496 e. The lowest BCUT2D eigenvalue weighted by Gasteiger charge is -2.14. The van der Waals surface area contributed by atoms with Gasteiger partial charge < -0.3 is 14.5 Å². The molecule has 7 nitrogen and oxygen atoms in total. The maximum Gasteiger partial charge on any atom is 0.298 e. The summed E-state index contributed by atoms with van der Waals surface area (Å²) in [6.45, 7) is 0.185. The number of anilines is 1. The van der Waals surface area contributed by atoms with E-state index in [-0.39, 0.29) is 35.2 Å². The van der Waals surface area contributed by atoms with E-state index < -0.39 is 0 Å². The zero-order valence-electron chi connectivity index (χ0n) is 18.7. The van der Waals surface area contributed by atoms with E-state index in [1.807, 2.05) is 42.5 Å². The lowest BCUT2D eigenvalue weighted by Crippen LogP contribution is -2.24. The Morgan fingerprint density at radius 1 is 1.09 bits per heavy atom. The van der Waals surface area contributed by atoms with Gasteiger partial charge in [-0.15, -0.1) is 0 Å². The summed E-state index contributed by atoms with van der Waals surface area (Å²) in [5.74, 6) is -0.0645. The predicted molar refractivity (Wildman–Crippen MR) is 134 cm³/mol. The maximum absolute atomic E-state index is 13.5. The summed E-state index contributed by atoms with van der Waals surface area (Å²) in [7, 11) is 1.57. The molecule has 35 heavy (non-hydrogen) atoms. The van der Waals surface area contributed by atoms with E-state index >= 15 is 0 Å². The average molecular weight is 490 g/mol. The minimum Gasteiger partial charge on any atom is -0.496 e. The summed E-state index contributed by atoms with van der Waals surface area (Å²) in [5, 5.41) is 3.82. The standard InChI is InChI=1S/C26H20FN3O4S/c1-33-20-8-4-2-6-16(20)14-30-25(32)24-23(19-7-3-5-9-21(19)34-24)29-26(30)35-15-22(31)28-18-12-10-17(27)11-13-18/h2-13H,14-15H2,1H3,(H,28,31). The number of fused-ring (bicyclic) bond motifs is 3. The highest BCUT2D eigenvalue weighted by atomic mass is 32.2. The van der Waals surface area contributed by atoms with Gasteiger partial charge in [0.15, 0.2) is 5.16 Å². The van der Waals surface area contributed by atoms with E-state index in [2.05, 4.69) is 5.32 Å². The van der Waals surface area contributed by atoms with Crippen molar-refractivity contribution in [3.05, 3.63) is 94.5 Å². The van der Waals surface area contributed by atoms with E-state index in [1.54, 1.807) is 13.2 Å². The fourth-order valence-corrected chi connectivity index (χ4v) is 4.56. The Bertz CT molecular complexity index is 1590. The number of nitrogens with one attached hydrogen (secondary N) is 1. The van der Waals surface area contributed by atoms with Crippen LogP contribution >= 0.6 is 11.8 Å². The van der Waals surface area contributed by atoms with Crippen molar-refractivity contribution in [3.63, 3.8) is 0 Å². The molecule has 0 spiro atoms. The van der Waals surface area contributed by atoms with Gasteiger partial charge in [0.1, 0.15) is 22.7 Å². The number of aromatic nitrogens is 2. The second kappa shape index (κ2) is 9.63. The fourth-order valence-electron chi connectivity index (χ4n) is 3.77. The van der Waals surface area contributed by atoms with Gasteiger partial charge in [-0.25, -0.2) is 9.37 Å². The summed E-state index contributed by atoms with van der Waals surface area (Å²) >= 11 is 1.13. The van der Waals surface area contributed by atoms with Crippen LogP contribution in [-0.4, -0.2) is 28.3 Å². The average Bonchev–Trinajstić information content (AvgIpc) is 3.25. The Labute approximate surface area is 203 Å². The Balaban J connectivity index is 1.52. The van der Waals surface area contributed by atoms with Crippen molar-refractivity contribution in [1.82, 2.24) is 9.55 Å². The summed E-state index contributed by atoms with van der Waals surface area (Å²) in [4.78, 5) is 30.8. The highest BCUT2D eigenvalue weighted by Crippen LogP contribution is 2.28. The molecule has 5 rings (SSSR count). The van der Waals surface area contributed by atoms with Crippen LogP contribution in [0.25, 0.3) is 22.1 Å². The quantitative estimate of drug-likeness (QED) is 0.254. The van der Waals surface area contributed by atoms with Crippen LogP contribution < -0.4 is 15.6 Å². The minimum absolute atomic E-state index is 0.00294. The normalized spacial score (nSPS) is 11.1. The highest BCUT2D eigenvalue weighted by molar-refractivity contribution is 7.99. The molecular weight excluding hydrogens is 469 g/mol. The van der Waals surface area contributed by atoms with Crippen molar-refractivity contribution in [3.8, 4) is 5.75 Å². The number of thioether (sulfide) groups is 1. The first-order valence-electron chi connectivity index (χ1n) is 10.8. The molecule has 0 fully saturated rings. The zero-order chi connectivity index (χ0) is 24.4. The molecule has 0 radical (unpaired) electrons. The first kappa shape index (κ1) is 22.7. The van der Waals surface area contributed by atoms with Crippen molar-refractivity contribution in [2.75, 3.05) is 18.2 Å². The zero-order valence-corrected chi connectivity index (χ0v) is 19.5. The van der Waals surface area contributed by atoms with E-state index in [0.717, 1.165) is 22.7 Å². The number of ether oxygens (including phenoxy) is 1. The predicted octanol–water partition coefficient (Wildman–Crippen LogP) is 5.07. The number of methoxy groups -OCH3 is 1. The lowest BCUT2D eigenvalue weighted by atomic mass is 10.2. The van der Waals surface area contributed by atoms with E-state index in [4.69, 9.17) is 14.1 Å². The summed E-state index contributed by atoms with van der Waals surface area (Å²) in [6.07, 6.45) is 0.